The molecule has 7 heteroatoms. The second-order valence-corrected chi connectivity index (χ2v) is 4.77. The van der Waals surface area contributed by atoms with Crippen LogP contribution in [0.4, 0.5) is 5.95 Å². The number of hydrogen-bond donors (Lipinski definition) is 2. The predicted octanol–water partition coefficient (Wildman–Crippen LogP) is 1.31. The molecule has 0 saturated heterocycles. The number of H-pyrrole nitrogens is 1. The van der Waals surface area contributed by atoms with Gasteiger partial charge in [0.15, 0.2) is 11.2 Å². The fourth-order valence-electron chi connectivity index (χ4n) is 2.24. The van der Waals surface area contributed by atoms with Gasteiger partial charge >= 0.3 is 5.69 Å². The van der Waals surface area contributed by atoms with Crippen molar-refractivity contribution in [3.05, 3.63) is 20.8 Å². The highest BCUT2D eigenvalue weighted by atomic mass is 16.2. The van der Waals surface area contributed by atoms with Crippen LogP contribution in [0.5, 0.6) is 0 Å². The Morgan fingerprint density at radius 3 is 2.55 bits per heavy atom. The maximum Gasteiger partial charge on any atom is 0.332 e. The van der Waals surface area contributed by atoms with E-state index in [1.165, 1.54) is 4.57 Å². The van der Waals surface area contributed by atoms with E-state index in [9.17, 15) is 9.59 Å². The van der Waals surface area contributed by atoms with Gasteiger partial charge in [-0.1, -0.05) is 6.92 Å². The third-order valence-electron chi connectivity index (χ3n) is 3.50. The summed E-state index contributed by atoms with van der Waals surface area (Å²) in [5, 5.41) is 3.04. The van der Waals surface area contributed by atoms with Crippen LogP contribution in [0.15, 0.2) is 9.59 Å². The predicted molar refractivity (Wildman–Crippen MR) is 79.5 cm³/mol. The van der Waals surface area contributed by atoms with Crippen LogP contribution >= 0.6 is 0 Å². The van der Waals surface area contributed by atoms with E-state index in [1.807, 2.05) is 20.8 Å². The zero-order valence-electron chi connectivity index (χ0n) is 12.4. The largest absolute Gasteiger partial charge is 0.356 e. The normalized spacial score (nSPS) is 12.8. The molecule has 20 heavy (non-hydrogen) atoms. The SMILES string of the molecule is CCNc1nc2c([nH]1)c(=O)n(CC)c(=O)n2C(C)CC. The minimum atomic E-state index is -0.316. The molecule has 2 aromatic heterocycles. The molecule has 110 valence electrons. The highest BCUT2D eigenvalue weighted by Crippen LogP contribution is 2.15. The van der Waals surface area contributed by atoms with Crippen LogP contribution in [0, 0.1) is 0 Å². The molecule has 7 nitrogen and oxygen atoms in total. The number of hydrogen-bond acceptors (Lipinski definition) is 4. The van der Waals surface area contributed by atoms with Gasteiger partial charge in [0.1, 0.15) is 0 Å². The third-order valence-corrected chi connectivity index (χ3v) is 3.50. The lowest BCUT2D eigenvalue weighted by molar-refractivity contribution is 0.489. The Morgan fingerprint density at radius 2 is 2.00 bits per heavy atom. The molecule has 0 aliphatic rings. The first-order chi connectivity index (χ1) is 9.54. The van der Waals surface area contributed by atoms with Crippen molar-refractivity contribution < 1.29 is 0 Å². The molecule has 2 heterocycles. The van der Waals surface area contributed by atoms with Crippen LogP contribution in [0.25, 0.3) is 11.2 Å². The van der Waals surface area contributed by atoms with Crippen LogP contribution in [-0.4, -0.2) is 25.6 Å². The summed E-state index contributed by atoms with van der Waals surface area (Å²) >= 11 is 0. The summed E-state index contributed by atoms with van der Waals surface area (Å²) in [7, 11) is 0. The summed E-state index contributed by atoms with van der Waals surface area (Å²) in [5.74, 6) is 0.518. The minimum Gasteiger partial charge on any atom is -0.356 e. The lowest BCUT2D eigenvalue weighted by Gasteiger charge is -2.15. The van der Waals surface area contributed by atoms with E-state index >= 15 is 0 Å². The second kappa shape index (κ2) is 5.52. The molecule has 0 radical (unpaired) electrons. The van der Waals surface area contributed by atoms with Crippen molar-refractivity contribution in [2.24, 2.45) is 0 Å². The molecule has 0 aliphatic heterocycles. The van der Waals surface area contributed by atoms with Crippen molar-refractivity contribution in [3.8, 4) is 0 Å². The Kier molecular flexibility index (Phi) is 3.96. The van der Waals surface area contributed by atoms with Crippen molar-refractivity contribution in [1.82, 2.24) is 19.1 Å². The highest BCUT2D eigenvalue weighted by Gasteiger charge is 2.19. The fraction of sp³-hybridized carbons (Fsp3) is 0.615. The van der Waals surface area contributed by atoms with Crippen molar-refractivity contribution in [2.75, 3.05) is 11.9 Å². The zero-order chi connectivity index (χ0) is 14.9. The average Bonchev–Trinajstić information content (AvgIpc) is 2.83. The number of anilines is 1. The lowest BCUT2D eigenvalue weighted by atomic mass is 10.2. The number of fused-ring (bicyclic) bond motifs is 1. The topological polar surface area (TPSA) is 84.7 Å². The van der Waals surface area contributed by atoms with Crippen LogP contribution in [0.1, 0.15) is 40.2 Å². The van der Waals surface area contributed by atoms with Gasteiger partial charge in [-0.2, -0.15) is 4.98 Å². The van der Waals surface area contributed by atoms with E-state index in [-0.39, 0.29) is 17.3 Å². The number of aromatic amines is 1. The van der Waals surface area contributed by atoms with Crippen molar-refractivity contribution >= 4 is 17.1 Å². The van der Waals surface area contributed by atoms with Gasteiger partial charge in [-0.15, -0.1) is 0 Å². The lowest BCUT2D eigenvalue weighted by Crippen LogP contribution is -2.40. The Hall–Kier alpha value is -2.05. The molecule has 0 bridgehead atoms. The van der Waals surface area contributed by atoms with Gasteiger partial charge in [-0.05, 0) is 27.2 Å². The number of nitrogens with one attached hydrogen (secondary N) is 2. The van der Waals surface area contributed by atoms with Gasteiger partial charge in [0.05, 0.1) is 0 Å². The first-order valence-corrected chi connectivity index (χ1v) is 7.03. The summed E-state index contributed by atoms with van der Waals surface area (Å²) in [6.07, 6.45) is 0.792. The van der Waals surface area contributed by atoms with Crippen molar-refractivity contribution in [1.29, 1.82) is 0 Å². The van der Waals surface area contributed by atoms with Crippen LogP contribution < -0.4 is 16.6 Å². The summed E-state index contributed by atoms with van der Waals surface area (Å²) in [5.41, 5.74) is 0.190. The summed E-state index contributed by atoms with van der Waals surface area (Å²) < 4.78 is 2.83. The van der Waals surface area contributed by atoms with Crippen molar-refractivity contribution in [3.63, 3.8) is 0 Å². The van der Waals surface area contributed by atoms with Gasteiger partial charge in [-0.3, -0.25) is 13.9 Å². The molecule has 0 aromatic carbocycles. The van der Waals surface area contributed by atoms with Crippen LogP contribution in [0.3, 0.4) is 0 Å². The first-order valence-electron chi connectivity index (χ1n) is 7.03. The Bertz CT molecular complexity index is 725. The van der Waals surface area contributed by atoms with E-state index < -0.39 is 0 Å². The second-order valence-electron chi connectivity index (χ2n) is 4.77. The molecule has 2 N–H and O–H groups in total. The van der Waals surface area contributed by atoms with E-state index in [4.69, 9.17) is 0 Å². The number of imidazole rings is 1. The molecule has 0 aliphatic carbocycles. The molecule has 0 spiro atoms. The molecular formula is C13H21N5O2. The molecule has 2 aromatic rings. The molecule has 0 fully saturated rings. The molecular weight excluding hydrogens is 258 g/mol. The van der Waals surface area contributed by atoms with E-state index in [1.54, 1.807) is 11.5 Å². The molecule has 0 amide bonds. The quantitative estimate of drug-likeness (QED) is 0.864. The van der Waals surface area contributed by atoms with Gasteiger partial charge in [0.25, 0.3) is 5.56 Å². The Labute approximate surface area is 116 Å². The summed E-state index contributed by atoms with van der Waals surface area (Å²) in [4.78, 5) is 32.1. The average molecular weight is 279 g/mol. The maximum atomic E-state index is 12.5. The summed E-state index contributed by atoms with van der Waals surface area (Å²) in [6.45, 7) is 8.72. The molecule has 1 unspecified atom stereocenters. The summed E-state index contributed by atoms with van der Waals surface area (Å²) in [6, 6.07) is -0.0128. The van der Waals surface area contributed by atoms with Gasteiger partial charge in [-0.25, -0.2) is 4.79 Å². The van der Waals surface area contributed by atoms with Gasteiger partial charge in [0.2, 0.25) is 5.95 Å². The fourth-order valence-corrected chi connectivity index (χ4v) is 2.24. The standard InChI is InChI=1S/C13H21N5O2/c1-5-8(4)18-10-9(15-12(16-10)14-6-2)11(19)17(7-3)13(18)20/h8H,5-7H2,1-4H3,(H2,14,15,16). The van der Waals surface area contributed by atoms with E-state index in [0.717, 1.165) is 6.42 Å². The molecule has 2 rings (SSSR count). The molecule has 1 atom stereocenters. The smallest absolute Gasteiger partial charge is 0.332 e. The van der Waals surface area contributed by atoms with Gasteiger partial charge in [0, 0.05) is 19.1 Å². The van der Waals surface area contributed by atoms with Crippen LogP contribution in [-0.2, 0) is 6.54 Å². The van der Waals surface area contributed by atoms with Crippen molar-refractivity contribution in [2.45, 2.75) is 46.7 Å². The van der Waals surface area contributed by atoms with Crippen LogP contribution in [0.2, 0.25) is 0 Å². The third kappa shape index (κ3) is 2.13. The maximum absolute atomic E-state index is 12.5. The number of aromatic nitrogens is 4. The number of rotatable bonds is 5. The number of nitrogens with zero attached hydrogens (tertiary/aromatic N) is 3. The van der Waals surface area contributed by atoms with E-state index in [2.05, 4.69) is 15.3 Å². The highest BCUT2D eigenvalue weighted by molar-refractivity contribution is 5.72. The Morgan fingerprint density at radius 1 is 1.30 bits per heavy atom. The van der Waals surface area contributed by atoms with E-state index in [0.29, 0.717) is 30.2 Å². The van der Waals surface area contributed by atoms with Gasteiger partial charge < -0.3 is 10.3 Å². The first kappa shape index (κ1) is 14.4. The zero-order valence-corrected chi connectivity index (χ0v) is 12.4. The minimum absolute atomic E-state index is 0.0128. The molecule has 0 saturated carbocycles. The monoisotopic (exact) mass is 279 g/mol. The Balaban J connectivity index is 2.87.